The molecule has 0 unspecified atom stereocenters. The van der Waals surface area contributed by atoms with Gasteiger partial charge in [-0.05, 0) is 18.5 Å². The summed E-state index contributed by atoms with van der Waals surface area (Å²) in [5.41, 5.74) is 1.04. The summed E-state index contributed by atoms with van der Waals surface area (Å²) < 4.78 is 0. The van der Waals surface area contributed by atoms with Gasteiger partial charge in [-0.3, -0.25) is 4.90 Å². The second-order valence-electron chi connectivity index (χ2n) is 2.76. The number of likely N-dealkylation sites (tertiary alicyclic amines) is 1. The zero-order chi connectivity index (χ0) is 8.27. The van der Waals surface area contributed by atoms with Gasteiger partial charge in [0, 0.05) is 19.2 Å². The van der Waals surface area contributed by atoms with E-state index in [1.165, 1.54) is 6.08 Å². The molecule has 1 fully saturated rings. The van der Waals surface area contributed by atoms with Crippen molar-refractivity contribution >= 4 is 5.97 Å². The van der Waals surface area contributed by atoms with E-state index in [-0.39, 0.29) is 0 Å². The van der Waals surface area contributed by atoms with Gasteiger partial charge in [0.05, 0.1) is 0 Å². The Hall–Kier alpha value is -0.830. The highest BCUT2D eigenvalue weighted by atomic mass is 16.4. The molecular weight excluding hydrogens is 142 g/mol. The Morgan fingerprint density at radius 2 is 2.55 bits per heavy atom. The summed E-state index contributed by atoms with van der Waals surface area (Å²) in [4.78, 5) is 12.5. The summed E-state index contributed by atoms with van der Waals surface area (Å²) in [5.74, 6) is -0.821. The van der Waals surface area contributed by atoms with Gasteiger partial charge in [-0.25, -0.2) is 4.79 Å². The van der Waals surface area contributed by atoms with E-state index >= 15 is 0 Å². The Labute approximate surface area is 66.3 Å². The minimum absolute atomic E-state index is 0.821. The van der Waals surface area contributed by atoms with Crippen molar-refractivity contribution in [2.45, 2.75) is 13.3 Å². The molecule has 1 rings (SSSR count). The molecule has 0 amide bonds. The molecule has 62 valence electrons. The smallest absolute Gasteiger partial charge is 0.328 e. The van der Waals surface area contributed by atoms with Crippen molar-refractivity contribution in [1.82, 2.24) is 4.90 Å². The average Bonchev–Trinajstić information content (AvgIpc) is 2.34. The van der Waals surface area contributed by atoms with E-state index in [1.54, 1.807) is 0 Å². The van der Waals surface area contributed by atoms with Crippen molar-refractivity contribution in [1.29, 1.82) is 0 Å². The van der Waals surface area contributed by atoms with Gasteiger partial charge in [-0.15, -0.1) is 0 Å². The van der Waals surface area contributed by atoms with Gasteiger partial charge in [0.1, 0.15) is 0 Å². The predicted molar refractivity (Wildman–Crippen MR) is 42.4 cm³/mol. The number of hydrogen-bond donors (Lipinski definition) is 1. The van der Waals surface area contributed by atoms with Gasteiger partial charge >= 0.3 is 5.97 Å². The zero-order valence-corrected chi connectivity index (χ0v) is 6.71. The van der Waals surface area contributed by atoms with Crippen molar-refractivity contribution in [3.63, 3.8) is 0 Å². The van der Waals surface area contributed by atoms with Crippen LogP contribution in [0.1, 0.15) is 13.3 Å². The fourth-order valence-corrected chi connectivity index (χ4v) is 1.31. The monoisotopic (exact) mass is 155 g/mol. The quantitative estimate of drug-likeness (QED) is 0.597. The highest BCUT2D eigenvalue weighted by Gasteiger charge is 2.14. The van der Waals surface area contributed by atoms with Gasteiger partial charge in [-0.2, -0.15) is 0 Å². The number of carbonyl (C=O) groups is 1. The van der Waals surface area contributed by atoms with Crippen LogP contribution in [0, 0.1) is 0 Å². The van der Waals surface area contributed by atoms with Crippen LogP contribution in [0.4, 0.5) is 0 Å². The van der Waals surface area contributed by atoms with Crippen LogP contribution in [0.25, 0.3) is 0 Å². The number of rotatable bonds is 2. The van der Waals surface area contributed by atoms with Crippen molar-refractivity contribution < 1.29 is 9.90 Å². The molecule has 1 aliphatic rings. The molecule has 0 spiro atoms. The van der Waals surface area contributed by atoms with E-state index in [2.05, 4.69) is 11.8 Å². The van der Waals surface area contributed by atoms with Crippen LogP contribution in [-0.2, 0) is 4.79 Å². The molecule has 0 atom stereocenters. The molecule has 0 bridgehead atoms. The number of carboxylic acid groups (broad SMARTS) is 1. The number of likely N-dealkylation sites (N-methyl/N-ethyl adjacent to an activating group) is 1. The number of hydrogen-bond acceptors (Lipinski definition) is 2. The van der Waals surface area contributed by atoms with Crippen LogP contribution in [0.3, 0.4) is 0 Å². The lowest BCUT2D eigenvalue weighted by molar-refractivity contribution is -0.131. The molecule has 1 aliphatic heterocycles. The summed E-state index contributed by atoms with van der Waals surface area (Å²) in [7, 11) is 0. The highest BCUT2D eigenvalue weighted by molar-refractivity contribution is 5.80. The molecule has 0 aromatic rings. The van der Waals surface area contributed by atoms with Gasteiger partial charge in [-0.1, -0.05) is 6.92 Å². The van der Waals surface area contributed by atoms with Crippen LogP contribution < -0.4 is 0 Å². The Kier molecular flexibility index (Phi) is 2.65. The van der Waals surface area contributed by atoms with Crippen LogP contribution in [0.15, 0.2) is 11.6 Å². The molecule has 0 aliphatic carbocycles. The van der Waals surface area contributed by atoms with Crippen LogP contribution in [-0.4, -0.2) is 35.6 Å². The number of nitrogens with zero attached hydrogens (tertiary/aromatic N) is 1. The molecule has 1 heterocycles. The average molecular weight is 155 g/mol. The third-order valence-electron chi connectivity index (χ3n) is 1.95. The Balaban J connectivity index is 2.47. The molecular formula is C8H13NO2. The van der Waals surface area contributed by atoms with Crippen molar-refractivity contribution in [3.05, 3.63) is 11.6 Å². The first-order chi connectivity index (χ1) is 5.22. The summed E-state index contributed by atoms with van der Waals surface area (Å²) in [5, 5.41) is 8.44. The fourth-order valence-electron chi connectivity index (χ4n) is 1.31. The molecule has 0 aromatic heterocycles. The van der Waals surface area contributed by atoms with Crippen LogP contribution in [0.5, 0.6) is 0 Å². The first kappa shape index (κ1) is 8.27. The highest BCUT2D eigenvalue weighted by Crippen LogP contribution is 2.13. The summed E-state index contributed by atoms with van der Waals surface area (Å²) >= 11 is 0. The summed E-state index contributed by atoms with van der Waals surface area (Å²) in [6.07, 6.45) is 2.25. The molecule has 0 radical (unpaired) electrons. The lowest BCUT2D eigenvalue weighted by Gasteiger charge is -2.08. The Morgan fingerprint density at radius 1 is 1.82 bits per heavy atom. The standard InChI is InChI=1S/C8H13NO2/c1-2-9-4-3-7(6-9)5-8(10)11/h5H,2-4,6H2,1H3,(H,10,11)/b7-5-. The SMILES string of the molecule is CCN1CC/C(=C/C(=O)O)C1. The molecule has 3 nitrogen and oxygen atoms in total. The molecule has 3 heteroatoms. The van der Waals surface area contributed by atoms with Gasteiger partial charge in [0.2, 0.25) is 0 Å². The van der Waals surface area contributed by atoms with Crippen molar-refractivity contribution in [3.8, 4) is 0 Å². The molecule has 11 heavy (non-hydrogen) atoms. The maximum atomic E-state index is 10.3. The molecule has 0 aromatic carbocycles. The van der Waals surface area contributed by atoms with Gasteiger partial charge in [0.25, 0.3) is 0 Å². The minimum atomic E-state index is -0.821. The zero-order valence-electron chi connectivity index (χ0n) is 6.71. The lowest BCUT2D eigenvalue weighted by atomic mass is 10.2. The van der Waals surface area contributed by atoms with Crippen molar-refractivity contribution in [2.75, 3.05) is 19.6 Å². The second kappa shape index (κ2) is 3.53. The molecule has 1 N–H and O–H groups in total. The fraction of sp³-hybridized carbons (Fsp3) is 0.625. The third kappa shape index (κ3) is 2.35. The minimum Gasteiger partial charge on any atom is -0.478 e. The Morgan fingerprint density at radius 3 is 3.00 bits per heavy atom. The van der Waals surface area contributed by atoms with Crippen molar-refractivity contribution in [2.24, 2.45) is 0 Å². The van der Waals surface area contributed by atoms with Gasteiger partial charge in [0.15, 0.2) is 0 Å². The largest absolute Gasteiger partial charge is 0.478 e. The van der Waals surface area contributed by atoms with E-state index in [1.807, 2.05) is 0 Å². The second-order valence-corrected chi connectivity index (χ2v) is 2.76. The van der Waals surface area contributed by atoms with E-state index in [9.17, 15) is 4.79 Å². The normalized spacial score (nSPS) is 22.8. The van der Waals surface area contributed by atoms with E-state index in [4.69, 9.17) is 5.11 Å². The number of carboxylic acids is 1. The summed E-state index contributed by atoms with van der Waals surface area (Å²) in [6.45, 7) is 4.94. The van der Waals surface area contributed by atoms with Crippen LogP contribution in [0.2, 0.25) is 0 Å². The number of aliphatic carboxylic acids is 1. The predicted octanol–water partition coefficient (Wildman–Crippen LogP) is 0.723. The maximum absolute atomic E-state index is 10.3. The first-order valence-corrected chi connectivity index (χ1v) is 3.87. The summed E-state index contributed by atoms with van der Waals surface area (Å²) in [6, 6.07) is 0. The maximum Gasteiger partial charge on any atom is 0.328 e. The topological polar surface area (TPSA) is 40.5 Å². The molecule has 0 saturated carbocycles. The first-order valence-electron chi connectivity index (χ1n) is 3.87. The van der Waals surface area contributed by atoms with Crippen LogP contribution >= 0.6 is 0 Å². The van der Waals surface area contributed by atoms with E-state index in [0.29, 0.717) is 0 Å². The molecule has 1 saturated heterocycles. The Bertz CT molecular complexity index is 187. The van der Waals surface area contributed by atoms with E-state index in [0.717, 1.165) is 31.6 Å². The van der Waals surface area contributed by atoms with Gasteiger partial charge < -0.3 is 5.11 Å². The van der Waals surface area contributed by atoms with E-state index < -0.39 is 5.97 Å². The lowest BCUT2D eigenvalue weighted by Crippen LogP contribution is -2.18. The third-order valence-corrected chi connectivity index (χ3v) is 1.95.